The van der Waals surface area contributed by atoms with Crippen LogP contribution in [0, 0.1) is 17.2 Å². The lowest BCUT2D eigenvalue weighted by molar-refractivity contribution is 0.0464. The minimum Gasteiger partial charge on any atom is -0.393 e. The van der Waals surface area contributed by atoms with Crippen molar-refractivity contribution in [1.82, 2.24) is 10.2 Å². The zero-order valence-corrected chi connectivity index (χ0v) is 12.4. The fraction of sp³-hybridized carbons (Fsp3) is 0.667. The highest BCUT2D eigenvalue weighted by molar-refractivity contribution is 5.57. The summed E-state index contributed by atoms with van der Waals surface area (Å²) in [7, 11) is 1.95. The van der Waals surface area contributed by atoms with E-state index in [0.29, 0.717) is 17.3 Å². The third-order valence-corrected chi connectivity index (χ3v) is 4.04. The summed E-state index contributed by atoms with van der Waals surface area (Å²) in [4.78, 5) is 2.00. The third kappa shape index (κ3) is 2.75. The summed E-state index contributed by atoms with van der Waals surface area (Å²) in [6, 6.07) is 2.30. The van der Waals surface area contributed by atoms with Crippen LogP contribution in [0.1, 0.15) is 43.5 Å². The van der Waals surface area contributed by atoms with Crippen molar-refractivity contribution in [3.63, 3.8) is 0 Å². The predicted octanol–water partition coefficient (Wildman–Crippen LogP) is 1.68. The van der Waals surface area contributed by atoms with E-state index in [1.807, 2.05) is 25.8 Å². The molecule has 0 atom stereocenters. The van der Waals surface area contributed by atoms with Crippen molar-refractivity contribution in [2.45, 2.75) is 45.6 Å². The number of nitrogens with zero attached hydrogens (tertiary/aromatic N) is 4. The molecular weight excluding hydrogens is 252 g/mol. The minimum atomic E-state index is -0.149. The lowest BCUT2D eigenvalue weighted by Crippen LogP contribution is -2.37. The van der Waals surface area contributed by atoms with Gasteiger partial charge in [0.15, 0.2) is 5.82 Å². The lowest BCUT2D eigenvalue weighted by atomic mass is 9.82. The Balaban J connectivity index is 2.24. The highest BCUT2D eigenvalue weighted by Crippen LogP contribution is 2.30. The molecule has 1 aromatic heterocycles. The number of aliphatic hydroxyl groups is 1. The second-order valence-electron chi connectivity index (χ2n) is 5.51. The molecule has 0 bridgehead atoms. The van der Waals surface area contributed by atoms with Crippen molar-refractivity contribution >= 4 is 5.82 Å². The number of hydrogen-bond acceptors (Lipinski definition) is 5. The van der Waals surface area contributed by atoms with Crippen LogP contribution in [0.2, 0.25) is 0 Å². The molecule has 0 aromatic carbocycles. The maximum Gasteiger partial charge on any atom is 0.169 e. The Morgan fingerprint density at radius 1 is 1.30 bits per heavy atom. The Kier molecular flexibility index (Phi) is 4.56. The highest BCUT2D eigenvalue weighted by Gasteiger charge is 2.29. The Morgan fingerprint density at radius 2 is 2.00 bits per heavy atom. The molecule has 2 rings (SSSR count). The van der Waals surface area contributed by atoms with E-state index in [1.165, 1.54) is 0 Å². The van der Waals surface area contributed by atoms with Crippen LogP contribution in [0.4, 0.5) is 5.82 Å². The second kappa shape index (κ2) is 6.19. The molecule has 0 spiro atoms. The monoisotopic (exact) mass is 274 g/mol. The maximum absolute atomic E-state index is 9.46. The topological polar surface area (TPSA) is 73.0 Å². The third-order valence-electron chi connectivity index (χ3n) is 4.04. The quantitative estimate of drug-likeness (QED) is 0.884. The van der Waals surface area contributed by atoms with Gasteiger partial charge in [0.05, 0.1) is 11.8 Å². The van der Waals surface area contributed by atoms with Crippen molar-refractivity contribution in [1.29, 1.82) is 5.26 Å². The molecule has 108 valence electrons. The van der Waals surface area contributed by atoms with Crippen LogP contribution in [0.5, 0.6) is 0 Å². The van der Waals surface area contributed by atoms with Crippen molar-refractivity contribution in [3.05, 3.63) is 16.8 Å². The number of nitriles is 1. The normalized spacial score (nSPS) is 21.1. The average molecular weight is 274 g/mol. The van der Waals surface area contributed by atoms with E-state index in [2.05, 4.69) is 16.3 Å². The van der Waals surface area contributed by atoms with Crippen molar-refractivity contribution in [3.8, 4) is 6.07 Å². The van der Waals surface area contributed by atoms with Crippen LogP contribution < -0.4 is 4.90 Å². The molecule has 0 aliphatic heterocycles. The van der Waals surface area contributed by atoms with Gasteiger partial charge < -0.3 is 10.0 Å². The summed E-state index contributed by atoms with van der Waals surface area (Å²) in [6.07, 6.45) is 3.12. The molecule has 5 heteroatoms. The first-order valence-electron chi connectivity index (χ1n) is 7.28. The molecule has 1 N–H and O–H groups in total. The summed E-state index contributed by atoms with van der Waals surface area (Å²) >= 11 is 0. The average Bonchev–Trinajstić information content (AvgIpc) is 2.43. The maximum atomic E-state index is 9.46. The molecule has 0 unspecified atom stereocenters. The summed E-state index contributed by atoms with van der Waals surface area (Å²) in [6.45, 7) is 4.89. The van der Waals surface area contributed by atoms with Gasteiger partial charge in [-0.2, -0.15) is 10.4 Å². The van der Waals surface area contributed by atoms with E-state index in [1.54, 1.807) is 0 Å². The Labute approximate surface area is 120 Å². The lowest BCUT2D eigenvalue weighted by Gasteiger charge is -2.35. The number of anilines is 1. The van der Waals surface area contributed by atoms with Gasteiger partial charge in [0.1, 0.15) is 11.6 Å². The molecule has 0 saturated heterocycles. The van der Waals surface area contributed by atoms with E-state index in [9.17, 15) is 10.4 Å². The largest absolute Gasteiger partial charge is 0.393 e. The zero-order valence-electron chi connectivity index (χ0n) is 12.4. The second-order valence-corrected chi connectivity index (χ2v) is 5.51. The molecular formula is C15H22N4O. The summed E-state index contributed by atoms with van der Waals surface area (Å²) < 4.78 is 0. The fourth-order valence-electron chi connectivity index (χ4n) is 2.87. The van der Waals surface area contributed by atoms with Crippen molar-refractivity contribution in [2.75, 3.05) is 18.5 Å². The Hall–Kier alpha value is -1.67. The van der Waals surface area contributed by atoms with Crippen LogP contribution in [-0.4, -0.2) is 35.0 Å². The SMILES string of the molecule is CCc1nnc(N(C)CC2CC(O)C2)c(C#N)c1CC. The molecule has 1 aromatic rings. The molecule has 0 radical (unpaired) electrons. The van der Waals surface area contributed by atoms with Crippen LogP contribution in [0.25, 0.3) is 0 Å². The van der Waals surface area contributed by atoms with Crippen LogP contribution in [-0.2, 0) is 12.8 Å². The van der Waals surface area contributed by atoms with Crippen LogP contribution in [0.15, 0.2) is 0 Å². The fourth-order valence-corrected chi connectivity index (χ4v) is 2.87. The number of rotatable bonds is 5. The minimum absolute atomic E-state index is 0.149. The Bertz CT molecular complexity index is 517. The molecule has 1 heterocycles. The first kappa shape index (κ1) is 14.7. The molecule has 20 heavy (non-hydrogen) atoms. The molecule has 5 nitrogen and oxygen atoms in total. The van der Waals surface area contributed by atoms with Gasteiger partial charge in [-0.1, -0.05) is 13.8 Å². The number of hydrogen-bond donors (Lipinski definition) is 1. The number of aromatic nitrogens is 2. The van der Waals surface area contributed by atoms with Crippen molar-refractivity contribution < 1.29 is 5.11 Å². The molecule has 1 saturated carbocycles. The highest BCUT2D eigenvalue weighted by atomic mass is 16.3. The summed E-state index contributed by atoms with van der Waals surface area (Å²) in [5, 5.41) is 27.3. The summed E-state index contributed by atoms with van der Waals surface area (Å²) in [5.41, 5.74) is 2.59. The van der Waals surface area contributed by atoms with E-state index < -0.39 is 0 Å². The number of aryl methyl sites for hydroxylation is 1. The molecule has 1 aliphatic rings. The van der Waals surface area contributed by atoms with E-state index >= 15 is 0 Å². The van der Waals surface area contributed by atoms with Gasteiger partial charge in [0, 0.05) is 13.6 Å². The molecule has 1 aliphatic carbocycles. The van der Waals surface area contributed by atoms with Gasteiger partial charge in [0.25, 0.3) is 0 Å². The first-order valence-corrected chi connectivity index (χ1v) is 7.28. The summed E-state index contributed by atoms with van der Waals surface area (Å²) in [5.74, 6) is 1.15. The van der Waals surface area contributed by atoms with E-state index in [0.717, 1.165) is 43.5 Å². The predicted molar refractivity (Wildman–Crippen MR) is 77.5 cm³/mol. The van der Waals surface area contributed by atoms with Crippen LogP contribution >= 0.6 is 0 Å². The van der Waals surface area contributed by atoms with Crippen molar-refractivity contribution in [2.24, 2.45) is 5.92 Å². The standard InChI is InChI=1S/C15H22N4O/c1-4-12-13(8-16)15(18-17-14(12)5-2)19(3)9-10-6-11(20)7-10/h10-11,20H,4-7,9H2,1-3H3. The zero-order chi connectivity index (χ0) is 14.7. The Morgan fingerprint density at radius 3 is 2.50 bits per heavy atom. The van der Waals surface area contributed by atoms with E-state index in [4.69, 9.17) is 0 Å². The van der Waals surface area contributed by atoms with Gasteiger partial charge in [0.2, 0.25) is 0 Å². The van der Waals surface area contributed by atoms with E-state index in [-0.39, 0.29) is 6.10 Å². The molecule has 1 fully saturated rings. The first-order chi connectivity index (χ1) is 9.60. The van der Waals surface area contributed by atoms with Gasteiger partial charge in [-0.25, -0.2) is 0 Å². The molecule has 0 amide bonds. The smallest absolute Gasteiger partial charge is 0.169 e. The van der Waals surface area contributed by atoms with Gasteiger partial charge in [-0.05, 0) is 37.2 Å². The van der Waals surface area contributed by atoms with Gasteiger partial charge in [-0.15, -0.1) is 5.10 Å². The number of aliphatic hydroxyl groups excluding tert-OH is 1. The van der Waals surface area contributed by atoms with Crippen LogP contribution in [0.3, 0.4) is 0 Å². The van der Waals surface area contributed by atoms with Gasteiger partial charge >= 0.3 is 0 Å². The van der Waals surface area contributed by atoms with Gasteiger partial charge in [-0.3, -0.25) is 0 Å².